The Morgan fingerprint density at radius 1 is 1.40 bits per heavy atom. The van der Waals surface area contributed by atoms with Crippen LogP contribution >= 0.6 is 27.5 Å². The van der Waals surface area contributed by atoms with Crippen molar-refractivity contribution in [2.75, 3.05) is 0 Å². The second-order valence-electron chi connectivity index (χ2n) is 2.54. The summed E-state index contributed by atoms with van der Waals surface area (Å²) in [5.74, 6) is 0. The lowest BCUT2D eigenvalue weighted by molar-refractivity contribution is -0.388. The fraction of sp³-hybridized carbons (Fsp3) is 0.143. The van der Waals surface area contributed by atoms with Crippen LogP contribution in [-0.2, 0) is 6.18 Å². The van der Waals surface area contributed by atoms with Crippen LogP contribution in [0, 0.1) is 10.1 Å². The first-order valence-corrected chi connectivity index (χ1v) is 4.61. The lowest BCUT2D eigenvalue weighted by Gasteiger charge is -2.09. The number of alkyl halides is 3. The van der Waals surface area contributed by atoms with Gasteiger partial charge in [0.05, 0.1) is 4.92 Å². The van der Waals surface area contributed by atoms with Gasteiger partial charge in [-0.25, -0.2) is 0 Å². The summed E-state index contributed by atoms with van der Waals surface area (Å²) in [7, 11) is 0. The van der Waals surface area contributed by atoms with Crippen LogP contribution in [0.5, 0.6) is 0 Å². The molecule has 1 aromatic carbocycles. The number of nitrogens with zero attached hydrogens (tertiary/aromatic N) is 1. The number of rotatable bonds is 1. The quantitative estimate of drug-likeness (QED) is 0.581. The smallest absolute Gasteiger partial charge is 0.258 e. The predicted molar refractivity (Wildman–Crippen MR) is 50.8 cm³/mol. The molecule has 15 heavy (non-hydrogen) atoms. The van der Waals surface area contributed by atoms with Crippen molar-refractivity contribution in [3.8, 4) is 0 Å². The van der Waals surface area contributed by atoms with Gasteiger partial charge in [-0.3, -0.25) is 10.1 Å². The molecule has 1 aromatic rings. The molecule has 0 aliphatic heterocycles. The Bertz CT molecular complexity index is 421. The minimum absolute atomic E-state index is 0.137. The van der Waals surface area contributed by atoms with Crippen molar-refractivity contribution < 1.29 is 18.1 Å². The maximum absolute atomic E-state index is 12.4. The van der Waals surface area contributed by atoms with Gasteiger partial charge in [0.1, 0.15) is 5.56 Å². The van der Waals surface area contributed by atoms with Gasteiger partial charge >= 0.3 is 6.18 Å². The Balaban J connectivity index is 3.55. The highest BCUT2D eigenvalue weighted by atomic mass is 79.9. The molecule has 0 N–H and O–H groups in total. The Hall–Kier alpha value is -0.820. The topological polar surface area (TPSA) is 43.1 Å². The number of hydrogen-bond acceptors (Lipinski definition) is 2. The van der Waals surface area contributed by atoms with Gasteiger partial charge < -0.3 is 0 Å². The van der Waals surface area contributed by atoms with E-state index in [0.29, 0.717) is 6.07 Å². The molecule has 0 aliphatic rings. The number of nitro benzene ring substituents is 1. The Morgan fingerprint density at radius 2 is 1.93 bits per heavy atom. The fourth-order valence-corrected chi connectivity index (χ4v) is 2.00. The van der Waals surface area contributed by atoms with Crippen LogP contribution in [0.1, 0.15) is 5.56 Å². The van der Waals surface area contributed by atoms with Crippen molar-refractivity contribution >= 4 is 33.2 Å². The summed E-state index contributed by atoms with van der Waals surface area (Å²) in [5, 5.41) is 10.3. The molecule has 8 heteroatoms. The van der Waals surface area contributed by atoms with E-state index in [4.69, 9.17) is 11.6 Å². The molecule has 0 unspecified atom stereocenters. The summed E-state index contributed by atoms with van der Waals surface area (Å²) < 4.78 is 36.8. The van der Waals surface area contributed by atoms with Crippen LogP contribution in [-0.4, -0.2) is 4.92 Å². The number of nitro groups is 1. The van der Waals surface area contributed by atoms with E-state index >= 15 is 0 Å². The van der Waals surface area contributed by atoms with Crippen molar-refractivity contribution in [1.29, 1.82) is 0 Å². The van der Waals surface area contributed by atoms with E-state index < -0.39 is 26.8 Å². The van der Waals surface area contributed by atoms with Gasteiger partial charge in [0.2, 0.25) is 0 Å². The molecular formula is C7H2BrClF3NO2. The highest BCUT2D eigenvalue weighted by Crippen LogP contribution is 2.42. The second kappa shape index (κ2) is 3.97. The standard InChI is InChI=1S/C7H2BrClF3NO2/c8-4-1-3(9)2-5(13(14)15)6(4)7(10,11)12/h1-2H. The maximum Gasteiger partial charge on any atom is 0.424 e. The van der Waals surface area contributed by atoms with E-state index in [1.807, 2.05) is 0 Å². The number of benzene rings is 1. The zero-order chi connectivity index (χ0) is 11.8. The minimum Gasteiger partial charge on any atom is -0.258 e. The van der Waals surface area contributed by atoms with Crippen molar-refractivity contribution in [2.24, 2.45) is 0 Å². The largest absolute Gasteiger partial charge is 0.424 e. The van der Waals surface area contributed by atoms with Crippen molar-refractivity contribution in [2.45, 2.75) is 6.18 Å². The highest BCUT2D eigenvalue weighted by Gasteiger charge is 2.40. The molecule has 0 heterocycles. The molecule has 82 valence electrons. The van der Waals surface area contributed by atoms with Crippen molar-refractivity contribution in [3.63, 3.8) is 0 Å². The molecule has 0 aliphatic carbocycles. The summed E-state index contributed by atoms with van der Waals surface area (Å²) in [6.07, 6.45) is -4.80. The van der Waals surface area contributed by atoms with Gasteiger partial charge in [-0.2, -0.15) is 13.2 Å². The van der Waals surface area contributed by atoms with E-state index in [1.165, 1.54) is 0 Å². The van der Waals surface area contributed by atoms with Crippen LogP contribution in [0.25, 0.3) is 0 Å². The predicted octanol–water partition coefficient (Wildman–Crippen LogP) is 4.03. The molecule has 0 radical (unpaired) electrons. The van der Waals surface area contributed by atoms with Crippen molar-refractivity contribution in [3.05, 3.63) is 37.3 Å². The lowest BCUT2D eigenvalue weighted by atomic mass is 10.2. The van der Waals surface area contributed by atoms with Crippen molar-refractivity contribution in [1.82, 2.24) is 0 Å². The third-order valence-corrected chi connectivity index (χ3v) is 2.36. The van der Waals surface area contributed by atoms with E-state index in [0.717, 1.165) is 6.07 Å². The third-order valence-electron chi connectivity index (χ3n) is 1.51. The van der Waals surface area contributed by atoms with Gasteiger partial charge in [0.15, 0.2) is 0 Å². The molecular weight excluding hydrogens is 302 g/mol. The molecule has 0 bridgehead atoms. The summed E-state index contributed by atoms with van der Waals surface area (Å²) in [5.41, 5.74) is -2.40. The second-order valence-corrected chi connectivity index (χ2v) is 3.83. The summed E-state index contributed by atoms with van der Waals surface area (Å²) in [4.78, 5) is 9.27. The molecule has 0 spiro atoms. The monoisotopic (exact) mass is 303 g/mol. The molecule has 0 atom stereocenters. The first-order chi connectivity index (χ1) is 6.73. The first kappa shape index (κ1) is 12.3. The summed E-state index contributed by atoms with van der Waals surface area (Å²) in [6.45, 7) is 0. The van der Waals surface area contributed by atoms with Gasteiger partial charge in [0.25, 0.3) is 5.69 Å². The lowest BCUT2D eigenvalue weighted by Crippen LogP contribution is -2.10. The molecule has 0 amide bonds. The van der Waals surface area contributed by atoms with Crippen LogP contribution < -0.4 is 0 Å². The third kappa shape index (κ3) is 2.60. The molecule has 0 aromatic heterocycles. The van der Waals surface area contributed by atoms with E-state index in [9.17, 15) is 23.3 Å². The normalized spacial score (nSPS) is 11.5. The highest BCUT2D eigenvalue weighted by molar-refractivity contribution is 9.10. The van der Waals surface area contributed by atoms with Crippen LogP contribution in [0.15, 0.2) is 16.6 Å². The van der Waals surface area contributed by atoms with Gasteiger partial charge in [-0.05, 0) is 22.0 Å². The molecule has 3 nitrogen and oxygen atoms in total. The van der Waals surface area contributed by atoms with Crippen LogP contribution in [0.4, 0.5) is 18.9 Å². The fourth-order valence-electron chi connectivity index (χ4n) is 0.985. The zero-order valence-corrected chi connectivity index (χ0v) is 9.15. The summed E-state index contributed by atoms with van der Waals surface area (Å²) >= 11 is 8.01. The SMILES string of the molecule is O=[N+]([O-])c1cc(Cl)cc(Br)c1C(F)(F)F. The average molecular weight is 304 g/mol. The van der Waals surface area contributed by atoms with Crippen LogP contribution in [0.3, 0.4) is 0 Å². The van der Waals surface area contributed by atoms with Gasteiger partial charge in [-0.1, -0.05) is 11.6 Å². The summed E-state index contributed by atoms with van der Waals surface area (Å²) in [6, 6.07) is 1.62. The minimum atomic E-state index is -4.80. The van der Waals surface area contributed by atoms with E-state index in [2.05, 4.69) is 15.9 Å². The number of halogens is 5. The molecule has 0 saturated carbocycles. The Morgan fingerprint density at radius 3 is 2.33 bits per heavy atom. The molecule has 1 rings (SSSR count). The zero-order valence-electron chi connectivity index (χ0n) is 6.81. The number of hydrogen-bond donors (Lipinski definition) is 0. The van der Waals surface area contributed by atoms with E-state index in [-0.39, 0.29) is 5.02 Å². The Kier molecular flexibility index (Phi) is 3.25. The molecule has 0 saturated heterocycles. The maximum atomic E-state index is 12.4. The van der Waals surface area contributed by atoms with E-state index in [1.54, 1.807) is 0 Å². The Labute approximate surface area is 95.1 Å². The average Bonchev–Trinajstić information content (AvgIpc) is 1.99. The molecule has 0 fully saturated rings. The van der Waals surface area contributed by atoms with Gasteiger partial charge in [-0.15, -0.1) is 0 Å². The first-order valence-electron chi connectivity index (χ1n) is 3.44. The van der Waals surface area contributed by atoms with Crippen LogP contribution in [0.2, 0.25) is 5.02 Å². The van der Waals surface area contributed by atoms with Gasteiger partial charge in [0, 0.05) is 15.6 Å².